The molecule has 1 aliphatic carbocycles. The lowest BCUT2D eigenvalue weighted by Crippen LogP contribution is -2.48. The molecule has 2 amide bonds. The fourth-order valence-corrected chi connectivity index (χ4v) is 3.06. The minimum absolute atomic E-state index is 0.0897. The molecule has 2 aliphatic heterocycles. The van der Waals surface area contributed by atoms with Crippen LogP contribution in [-0.4, -0.2) is 60.3 Å². The first-order chi connectivity index (χ1) is 10.1. The molecule has 1 saturated carbocycles. The maximum absolute atomic E-state index is 12.2. The molecule has 0 aromatic heterocycles. The summed E-state index contributed by atoms with van der Waals surface area (Å²) >= 11 is 0. The van der Waals surface area contributed by atoms with Crippen molar-refractivity contribution in [1.29, 1.82) is 0 Å². The third kappa shape index (κ3) is 3.74. The third-order valence-corrected chi connectivity index (χ3v) is 4.78. The number of ether oxygens (including phenoxy) is 1. The Hall–Kier alpha value is -1.14. The van der Waals surface area contributed by atoms with Crippen LogP contribution in [0.4, 0.5) is 0 Å². The maximum Gasteiger partial charge on any atom is 0.225 e. The van der Waals surface area contributed by atoms with Crippen LogP contribution in [0.2, 0.25) is 0 Å². The van der Waals surface area contributed by atoms with Gasteiger partial charge in [0.15, 0.2) is 0 Å². The van der Waals surface area contributed by atoms with Crippen molar-refractivity contribution in [2.45, 2.75) is 37.7 Å². The van der Waals surface area contributed by atoms with E-state index in [1.165, 1.54) is 12.8 Å². The van der Waals surface area contributed by atoms with Gasteiger partial charge in [-0.2, -0.15) is 0 Å². The zero-order valence-electron chi connectivity index (χ0n) is 12.3. The number of amides is 2. The molecule has 0 bridgehead atoms. The average molecular weight is 296 g/mol. The van der Waals surface area contributed by atoms with Crippen molar-refractivity contribution in [3.05, 3.63) is 0 Å². The molecule has 0 aromatic carbocycles. The SMILES string of the molecule is O=C(NCC1(O)CCOCC1)C1CC(=O)N(CC2CC2)C1. The van der Waals surface area contributed by atoms with Crippen LogP contribution in [0.3, 0.4) is 0 Å². The Bertz CT molecular complexity index is 416. The molecule has 2 saturated heterocycles. The summed E-state index contributed by atoms with van der Waals surface area (Å²) in [5.74, 6) is 0.367. The maximum atomic E-state index is 12.2. The summed E-state index contributed by atoms with van der Waals surface area (Å²) in [6, 6.07) is 0. The molecule has 3 rings (SSSR count). The molecule has 3 fully saturated rings. The molecule has 1 atom stereocenters. The quantitative estimate of drug-likeness (QED) is 0.743. The number of nitrogens with one attached hydrogen (secondary N) is 1. The summed E-state index contributed by atoms with van der Waals surface area (Å²) < 4.78 is 5.22. The molecule has 1 unspecified atom stereocenters. The number of carbonyl (C=O) groups excluding carboxylic acids is 2. The van der Waals surface area contributed by atoms with Crippen molar-refractivity contribution in [1.82, 2.24) is 10.2 Å². The predicted molar refractivity (Wildman–Crippen MR) is 75.4 cm³/mol. The van der Waals surface area contributed by atoms with Gasteiger partial charge in [0.1, 0.15) is 0 Å². The van der Waals surface area contributed by atoms with E-state index in [1.54, 1.807) is 0 Å². The first-order valence-electron chi connectivity index (χ1n) is 7.91. The summed E-state index contributed by atoms with van der Waals surface area (Å²) in [5.41, 5.74) is -0.857. The fraction of sp³-hybridized carbons (Fsp3) is 0.867. The van der Waals surface area contributed by atoms with Crippen LogP contribution < -0.4 is 5.32 Å². The number of rotatable bonds is 5. The number of likely N-dealkylation sites (tertiary alicyclic amines) is 1. The molecule has 6 nitrogen and oxygen atoms in total. The van der Waals surface area contributed by atoms with Gasteiger partial charge in [-0.25, -0.2) is 0 Å². The van der Waals surface area contributed by atoms with E-state index < -0.39 is 5.60 Å². The fourth-order valence-electron chi connectivity index (χ4n) is 3.06. The van der Waals surface area contributed by atoms with Crippen LogP contribution in [0.25, 0.3) is 0 Å². The lowest BCUT2D eigenvalue weighted by Gasteiger charge is -2.32. The first kappa shape index (κ1) is 14.8. The lowest BCUT2D eigenvalue weighted by molar-refractivity contribution is -0.129. The molecular weight excluding hydrogens is 272 g/mol. The van der Waals surface area contributed by atoms with Gasteiger partial charge in [-0.05, 0) is 18.8 Å². The van der Waals surface area contributed by atoms with Crippen LogP contribution in [0.15, 0.2) is 0 Å². The minimum atomic E-state index is -0.857. The third-order valence-electron chi connectivity index (χ3n) is 4.78. The van der Waals surface area contributed by atoms with Gasteiger partial charge >= 0.3 is 0 Å². The molecule has 0 aromatic rings. The van der Waals surface area contributed by atoms with E-state index in [2.05, 4.69) is 5.32 Å². The smallest absolute Gasteiger partial charge is 0.225 e. The lowest BCUT2D eigenvalue weighted by atomic mass is 9.94. The van der Waals surface area contributed by atoms with Crippen molar-refractivity contribution >= 4 is 11.8 Å². The van der Waals surface area contributed by atoms with E-state index in [9.17, 15) is 14.7 Å². The predicted octanol–water partition coefficient (Wildman–Crippen LogP) is -0.0974. The number of hydrogen-bond donors (Lipinski definition) is 2. The van der Waals surface area contributed by atoms with Gasteiger partial charge in [-0.1, -0.05) is 0 Å². The van der Waals surface area contributed by atoms with Gasteiger partial charge in [-0.3, -0.25) is 9.59 Å². The van der Waals surface area contributed by atoms with Crippen molar-refractivity contribution < 1.29 is 19.4 Å². The van der Waals surface area contributed by atoms with Gasteiger partial charge in [0, 0.05) is 52.1 Å². The van der Waals surface area contributed by atoms with E-state index >= 15 is 0 Å². The van der Waals surface area contributed by atoms with Crippen molar-refractivity contribution in [3.63, 3.8) is 0 Å². The van der Waals surface area contributed by atoms with Crippen LogP contribution >= 0.6 is 0 Å². The summed E-state index contributed by atoms with van der Waals surface area (Å²) in [5, 5.41) is 13.1. The Morgan fingerprint density at radius 3 is 2.76 bits per heavy atom. The Labute approximate surface area is 124 Å². The van der Waals surface area contributed by atoms with Crippen LogP contribution in [0, 0.1) is 11.8 Å². The molecule has 2 N–H and O–H groups in total. The van der Waals surface area contributed by atoms with E-state index in [1.807, 2.05) is 4.90 Å². The van der Waals surface area contributed by atoms with Gasteiger partial charge in [0.05, 0.1) is 11.5 Å². The second kappa shape index (κ2) is 5.93. The Morgan fingerprint density at radius 1 is 1.38 bits per heavy atom. The highest BCUT2D eigenvalue weighted by atomic mass is 16.5. The van der Waals surface area contributed by atoms with Crippen molar-refractivity contribution in [3.8, 4) is 0 Å². The largest absolute Gasteiger partial charge is 0.388 e. The highest BCUT2D eigenvalue weighted by Gasteiger charge is 2.38. The second-order valence-electron chi connectivity index (χ2n) is 6.70. The average Bonchev–Trinajstić information content (AvgIpc) is 3.20. The monoisotopic (exact) mass is 296 g/mol. The second-order valence-corrected chi connectivity index (χ2v) is 6.70. The Morgan fingerprint density at radius 2 is 2.10 bits per heavy atom. The highest BCUT2D eigenvalue weighted by molar-refractivity contribution is 5.89. The minimum Gasteiger partial charge on any atom is -0.388 e. The molecule has 0 radical (unpaired) electrons. The van der Waals surface area contributed by atoms with Gasteiger partial charge in [0.25, 0.3) is 0 Å². The van der Waals surface area contributed by atoms with Gasteiger partial charge in [0.2, 0.25) is 11.8 Å². The topological polar surface area (TPSA) is 78.9 Å². The van der Waals surface area contributed by atoms with Gasteiger partial charge in [-0.15, -0.1) is 0 Å². The molecule has 6 heteroatoms. The number of aliphatic hydroxyl groups is 1. The van der Waals surface area contributed by atoms with Crippen LogP contribution in [-0.2, 0) is 14.3 Å². The summed E-state index contributed by atoms with van der Waals surface area (Å²) in [6.45, 7) is 2.65. The van der Waals surface area contributed by atoms with Gasteiger partial charge < -0.3 is 20.1 Å². The zero-order chi connectivity index (χ0) is 14.9. The molecule has 3 aliphatic rings. The van der Waals surface area contributed by atoms with Crippen LogP contribution in [0.5, 0.6) is 0 Å². The van der Waals surface area contributed by atoms with E-state index in [0.717, 1.165) is 6.54 Å². The van der Waals surface area contributed by atoms with E-state index in [-0.39, 0.29) is 24.3 Å². The Kier molecular flexibility index (Phi) is 4.17. The number of carbonyl (C=O) groups is 2. The molecule has 21 heavy (non-hydrogen) atoms. The summed E-state index contributed by atoms with van der Waals surface area (Å²) in [6.07, 6.45) is 3.81. The Balaban J connectivity index is 1.45. The van der Waals surface area contributed by atoms with Crippen molar-refractivity contribution in [2.24, 2.45) is 11.8 Å². The van der Waals surface area contributed by atoms with E-state index in [0.29, 0.717) is 44.9 Å². The standard InChI is InChI=1S/C15H24N2O4/c18-13-7-12(9-17(13)8-11-1-2-11)14(19)16-10-15(20)3-5-21-6-4-15/h11-12,20H,1-10H2,(H,16,19). The normalized spacial score (nSPS) is 28.7. The van der Waals surface area contributed by atoms with Crippen molar-refractivity contribution in [2.75, 3.05) is 32.8 Å². The molecular formula is C15H24N2O4. The first-order valence-corrected chi connectivity index (χ1v) is 7.91. The highest BCUT2D eigenvalue weighted by Crippen LogP contribution is 2.32. The van der Waals surface area contributed by atoms with Crippen LogP contribution in [0.1, 0.15) is 32.1 Å². The zero-order valence-corrected chi connectivity index (χ0v) is 12.3. The van der Waals surface area contributed by atoms with E-state index in [4.69, 9.17) is 4.74 Å². The summed E-state index contributed by atoms with van der Waals surface area (Å²) in [4.78, 5) is 25.9. The molecule has 2 heterocycles. The molecule has 118 valence electrons. The summed E-state index contributed by atoms with van der Waals surface area (Å²) in [7, 11) is 0. The number of nitrogens with zero attached hydrogens (tertiary/aromatic N) is 1. The molecule has 0 spiro atoms. The number of hydrogen-bond acceptors (Lipinski definition) is 4.